The number of carbonyl (C=O) groups is 1. The van der Waals surface area contributed by atoms with Crippen molar-refractivity contribution in [3.8, 4) is 0 Å². The summed E-state index contributed by atoms with van der Waals surface area (Å²) in [6.45, 7) is 4.36. The fraction of sp³-hybridized carbons (Fsp3) is 0.200. The Morgan fingerprint density at radius 2 is 1.89 bits per heavy atom. The maximum Gasteiger partial charge on any atom is 0.281 e. The van der Waals surface area contributed by atoms with Gasteiger partial charge in [-0.15, -0.1) is 0 Å². The molecule has 1 amide bonds. The van der Waals surface area contributed by atoms with E-state index in [2.05, 4.69) is 10.1 Å². The molecule has 0 aliphatic heterocycles. The van der Waals surface area contributed by atoms with Gasteiger partial charge in [0.15, 0.2) is 10.8 Å². The van der Waals surface area contributed by atoms with Gasteiger partial charge in [0.2, 0.25) is 0 Å². The third-order valence-electron chi connectivity index (χ3n) is 4.56. The predicted molar refractivity (Wildman–Crippen MR) is 109 cm³/mol. The average molecular weight is 378 g/mol. The van der Waals surface area contributed by atoms with Crippen LogP contribution in [0.5, 0.6) is 0 Å². The molecule has 7 heteroatoms. The van der Waals surface area contributed by atoms with Crippen LogP contribution in [0.3, 0.4) is 0 Å². The zero-order valence-electron chi connectivity index (χ0n) is 15.3. The summed E-state index contributed by atoms with van der Waals surface area (Å²) >= 11 is 1.48. The van der Waals surface area contributed by atoms with Gasteiger partial charge in [-0.3, -0.25) is 14.5 Å². The third-order valence-corrected chi connectivity index (χ3v) is 5.60. The Kier molecular flexibility index (Phi) is 4.24. The summed E-state index contributed by atoms with van der Waals surface area (Å²) in [7, 11) is 1.56. The topological polar surface area (TPSA) is 68.1 Å². The van der Waals surface area contributed by atoms with Crippen LogP contribution in [0.15, 0.2) is 47.3 Å². The smallest absolute Gasteiger partial charge is 0.281 e. The number of hydrogen-bond donors (Lipinski definition) is 0. The molecular formula is C20H18N4O2S. The lowest BCUT2D eigenvalue weighted by molar-refractivity contribution is 0.0983. The van der Waals surface area contributed by atoms with Crippen LogP contribution in [0.1, 0.15) is 23.0 Å². The van der Waals surface area contributed by atoms with Crippen LogP contribution >= 0.6 is 11.3 Å². The molecule has 6 nitrogen and oxygen atoms in total. The van der Waals surface area contributed by atoms with E-state index in [-0.39, 0.29) is 17.2 Å². The van der Waals surface area contributed by atoms with Gasteiger partial charge in [0, 0.05) is 19.0 Å². The van der Waals surface area contributed by atoms with E-state index in [0.717, 1.165) is 15.8 Å². The molecule has 27 heavy (non-hydrogen) atoms. The quantitative estimate of drug-likeness (QED) is 0.547. The second kappa shape index (κ2) is 6.59. The largest absolute Gasteiger partial charge is 0.283 e. The number of rotatable bonds is 3. The molecule has 0 saturated carbocycles. The van der Waals surface area contributed by atoms with Crippen LogP contribution in [-0.4, -0.2) is 27.2 Å². The minimum absolute atomic E-state index is 0.221. The van der Waals surface area contributed by atoms with Gasteiger partial charge < -0.3 is 0 Å². The van der Waals surface area contributed by atoms with Crippen molar-refractivity contribution in [2.24, 2.45) is 7.05 Å². The highest BCUT2D eigenvalue weighted by Gasteiger charge is 2.24. The van der Waals surface area contributed by atoms with Gasteiger partial charge in [-0.2, -0.15) is 5.10 Å². The van der Waals surface area contributed by atoms with Gasteiger partial charge in [0.1, 0.15) is 0 Å². The lowest BCUT2D eigenvalue weighted by atomic mass is 10.1. The van der Waals surface area contributed by atoms with Crippen LogP contribution in [0.25, 0.3) is 21.0 Å². The lowest BCUT2D eigenvalue weighted by Crippen LogP contribution is -2.33. The van der Waals surface area contributed by atoms with Gasteiger partial charge in [0.05, 0.1) is 15.6 Å². The zero-order chi connectivity index (χ0) is 19.1. The molecule has 0 saturated heterocycles. The molecule has 0 N–H and O–H groups in total. The summed E-state index contributed by atoms with van der Waals surface area (Å²) < 4.78 is 2.25. The van der Waals surface area contributed by atoms with Crippen molar-refractivity contribution in [3.05, 3.63) is 64.1 Å². The fourth-order valence-electron chi connectivity index (χ4n) is 3.14. The Morgan fingerprint density at radius 1 is 1.15 bits per heavy atom. The van der Waals surface area contributed by atoms with Crippen molar-refractivity contribution in [1.29, 1.82) is 0 Å². The molecule has 4 rings (SSSR count). The predicted octanol–water partition coefficient (Wildman–Crippen LogP) is 3.52. The summed E-state index contributed by atoms with van der Waals surface area (Å²) in [5, 5.41) is 5.93. The number of hydrogen-bond acceptors (Lipinski definition) is 5. The van der Waals surface area contributed by atoms with E-state index < -0.39 is 0 Å². The number of benzene rings is 2. The molecule has 2 heterocycles. The van der Waals surface area contributed by atoms with Crippen molar-refractivity contribution < 1.29 is 4.79 Å². The van der Waals surface area contributed by atoms with E-state index >= 15 is 0 Å². The van der Waals surface area contributed by atoms with Crippen LogP contribution in [0, 0.1) is 6.92 Å². The number of carbonyl (C=O) groups excluding carboxylic acids is 1. The first-order valence-electron chi connectivity index (χ1n) is 8.65. The number of thiazole rings is 1. The van der Waals surface area contributed by atoms with E-state index in [0.29, 0.717) is 22.4 Å². The first-order chi connectivity index (χ1) is 13.0. The second-order valence-corrected chi connectivity index (χ2v) is 7.30. The van der Waals surface area contributed by atoms with Gasteiger partial charge in [0.25, 0.3) is 11.5 Å². The highest BCUT2D eigenvalue weighted by Crippen LogP contribution is 2.31. The average Bonchev–Trinajstić information content (AvgIpc) is 3.10. The zero-order valence-corrected chi connectivity index (χ0v) is 16.1. The van der Waals surface area contributed by atoms with Crippen molar-refractivity contribution >= 4 is 43.4 Å². The van der Waals surface area contributed by atoms with Gasteiger partial charge in [-0.05, 0) is 31.5 Å². The normalized spacial score (nSPS) is 11.2. The third kappa shape index (κ3) is 2.80. The number of amides is 1. The second-order valence-electron chi connectivity index (χ2n) is 6.29. The molecule has 0 atom stereocenters. The van der Waals surface area contributed by atoms with Crippen molar-refractivity contribution in [2.45, 2.75) is 13.8 Å². The Labute approximate surface area is 159 Å². The molecule has 0 fully saturated rings. The Hall–Kier alpha value is -3.06. The van der Waals surface area contributed by atoms with Gasteiger partial charge in [-0.1, -0.05) is 41.7 Å². The van der Waals surface area contributed by atoms with Crippen molar-refractivity contribution in [2.75, 3.05) is 11.4 Å². The van der Waals surface area contributed by atoms with Crippen LogP contribution < -0.4 is 10.5 Å². The van der Waals surface area contributed by atoms with E-state index in [1.54, 1.807) is 36.2 Å². The summed E-state index contributed by atoms with van der Waals surface area (Å²) in [6.07, 6.45) is 0. The lowest BCUT2D eigenvalue weighted by Gasteiger charge is -2.18. The molecule has 0 bridgehead atoms. The van der Waals surface area contributed by atoms with E-state index in [1.165, 1.54) is 16.0 Å². The summed E-state index contributed by atoms with van der Waals surface area (Å²) in [5.41, 5.74) is 2.01. The maximum absolute atomic E-state index is 13.3. The van der Waals surface area contributed by atoms with Gasteiger partial charge in [-0.25, -0.2) is 9.67 Å². The van der Waals surface area contributed by atoms with E-state index in [9.17, 15) is 9.59 Å². The molecule has 0 radical (unpaired) electrons. The van der Waals surface area contributed by atoms with Crippen LogP contribution in [0.2, 0.25) is 0 Å². The molecule has 2 aromatic carbocycles. The van der Waals surface area contributed by atoms with Gasteiger partial charge >= 0.3 is 0 Å². The molecule has 0 aliphatic carbocycles. The SMILES string of the molecule is CCN(C(=O)c1nn(C)c(=O)c2ccccc12)c1nc2c(C)cccc2s1. The first kappa shape index (κ1) is 17.4. The van der Waals surface area contributed by atoms with Crippen molar-refractivity contribution in [3.63, 3.8) is 0 Å². The Morgan fingerprint density at radius 3 is 2.59 bits per heavy atom. The number of fused-ring (bicyclic) bond motifs is 2. The minimum Gasteiger partial charge on any atom is -0.283 e. The van der Waals surface area contributed by atoms with Crippen LogP contribution in [-0.2, 0) is 7.05 Å². The highest BCUT2D eigenvalue weighted by molar-refractivity contribution is 7.22. The molecule has 4 aromatic rings. The molecule has 2 aromatic heterocycles. The molecule has 136 valence electrons. The maximum atomic E-state index is 13.3. The van der Waals surface area contributed by atoms with Crippen molar-refractivity contribution in [1.82, 2.24) is 14.8 Å². The Balaban J connectivity index is 1.87. The summed E-state index contributed by atoms with van der Waals surface area (Å²) in [4.78, 5) is 32.0. The summed E-state index contributed by atoms with van der Waals surface area (Å²) in [6, 6.07) is 13.1. The Bertz CT molecular complexity index is 1240. The van der Waals surface area contributed by atoms with Crippen LogP contribution in [0.4, 0.5) is 5.13 Å². The molecule has 0 spiro atoms. The number of aryl methyl sites for hydroxylation is 2. The number of para-hydroxylation sites is 1. The first-order valence-corrected chi connectivity index (χ1v) is 9.47. The standard InChI is InChI=1S/C20H18N4O2S/c1-4-24(20-21-16-12(2)8-7-11-15(16)27-20)19(26)17-13-9-5-6-10-14(13)18(25)23(3)22-17/h5-11H,4H2,1-3H3. The number of aromatic nitrogens is 3. The highest BCUT2D eigenvalue weighted by atomic mass is 32.1. The van der Waals surface area contributed by atoms with E-state index in [1.807, 2.05) is 32.0 Å². The van der Waals surface area contributed by atoms with E-state index in [4.69, 9.17) is 0 Å². The number of anilines is 1. The molecular weight excluding hydrogens is 360 g/mol. The molecule has 0 aliphatic rings. The minimum atomic E-state index is -0.263. The number of nitrogens with zero attached hydrogens (tertiary/aromatic N) is 4. The summed E-state index contributed by atoms with van der Waals surface area (Å²) in [5.74, 6) is -0.263. The monoisotopic (exact) mass is 378 g/mol. The fourth-order valence-corrected chi connectivity index (χ4v) is 4.25. The molecule has 0 unspecified atom stereocenters.